The summed E-state index contributed by atoms with van der Waals surface area (Å²) in [6.45, 7) is 5.50. The van der Waals surface area contributed by atoms with Gasteiger partial charge in [0.2, 0.25) is 0 Å². The van der Waals surface area contributed by atoms with Crippen molar-refractivity contribution in [3.05, 3.63) is 131 Å². The standard InChI is InChI=1S/C35H31FN4O2/c1-3-6-33-38-34-23(2)17-27(31-21-39(22-37-31)19-24-11-15-28(36)16-12-24)18-32(34)40(33)20-25-9-13-26(14-10-25)29-7-4-5-8-30(29)35(41)42/h4-5,7-18,21-22H,3,6,19-20H2,1-2H3,(H,41,42). The Balaban J connectivity index is 1.33. The minimum Gasteiger partial charge on any atom is -0.478 e. The quantitative estimate of drug-likeness (QED) is 0.197. The fourth-order valence-electron chi connectivity index (χ4n) is 5.47. The number of hydrogen-bond donors (Lipinski definition) is 1. The molecule has 2 heterocycles. The van der Waals surface area contributed by atoms with Crippen molar-refractivity contribution in [1.82, 2.24) is 19.1 Å². The van der Waals surface area contributed by atoms with E-state index in [-0.39, 0.29) is 5.82 Å². The normalized spacial score (nSPS) is 11.3. The molecule has 0 atom stereocenters. The number of fused-ring (bicyclic) bond motifs is 1. The average molecular weight is 559 g/mol. The van der Waals surface area contributed by atoms with Gasteiger partial charge in [-0.25, -0.2) is 19.2 Å². The molecule has 0 spiro atoms. The van der Waals surface area contributed by atoms with E-state index in [1.807, 2.05) is 41.4 Å². The molecule has 6 rings (SSSR count). The van der Waals surface area contributed by atoms with Gasteiger partial charge in [0.05, 0.1) is 28.6 Å². The highest BCUT2D eigenvalue weighted by Crippen LogP contribution is 2.30. The third-order valence-electron chi connectivity index (χ3n) is 7.57. The van der Waals surface area contributed by atoms with E-state index in [1.165, 1.54) is 12.1 Å². The first-order valence-corrected chi connectivity index (χ1v) is 14.1. The van der Waals surface area contributed by atoms with Crippen molar-refractivity contribution in [3.8, 4) is 22.4 Å². The lowest BCUT2D eigenvalue weighted by Gasteiger charge is -2.12. The minimum atomic E-state index is -0.935. The number of benzene rings is 4. The van der Waals surface area contributed by atoms with Crippen LogP contribution in [0.2, 0.25) is 0 Å². The van der Waals surface area contributed by atoms with E-state index in [0.717, 1.165) is 63.2 Å². The number of carboxylic acid groups (broad SMARTS) is 1. The van der Waals surface area contributed by atoms with Crippen LogP contribution in [0.4, 0.5) is 4.39 Å². The number of carbonyl (C=O) groups is 1. The number of aromatic carboxylic acids is 1. The van der Waals surface area contributed by atoms with Crippen molar-refractivity contribution in [3.63, 3.8) is 0 Å². The molecule has 4 aromatic carbocycles. The van der Waals surface area contributed by atoms with Gasteiger partial charge in [-0.3, -0.25) is 0 Å². The van der Waals surface area contributed by atoms with Gasteiger partial charge in [-0.05, 0) is 71.5 Å². The second kappa shape index (κ2) is 11.4. The number of hydrogen-bond acceptors (Lipinski definition) is 3. The van der Waals surface area contributed by atoms with E-state index < -0.39 is 5.97 Å². The minimum absolute atomic E-state index is 0.243. The van der Waals surface area contributed by atoms with E-state index in [2.05, 4.69) is 47.7 Å². The second-order valence-electron chi connectivity index (χ2n) is 10.6. The van der Waals surface area contributed by atoms with Gasteiger partial charge in [0, 0.05) is 31.3 Å². The number of aromatic nitrogens is 4. The van der Waals surface area contributed by atoms with Crippen LogP contribution in [0.5, 0.6) is 0 Å². The Labute approximate surface area is 243 Å². The molecule has 0 unspecified atom stereocenters. The van der Waals surface area contributed by atoms with Gasteiger partial charge >= 0.3 is 5.97 Å². The summed E-state index contributed by atoms with van der Waals surface area (Å²) in [6, 6.07) is 26.0. The van der Waals surface area contributed by atoms with Crippen LogP contribution < -0.4 is 0 Å². The predicted molar refractivity (Wildman–Crippen MR) is 163 cm³/mol. The Kier molecular flexibility index (Phi) is 7.40. The van der Waals surface area contributed by atoms with Crippen LogP contribution >= 0.6 is 0 Å². The fraction of sp³-hybridized carbons (Fsp3) is 0.171. The van der Waals surface area contributed by atoms with Crippen molar-refractivity contribution in [2.45, 2.75) is 39.8 Å². The maximum absolute atomic E-state index is 13.3. The van der Waals surface area contributed by atoms with Gasteiger partial charge in [0.15, 0.2) is 0 Å². The molecular weight excluding hydrogens is 527 g/mol. The third-order valence-corrected chi connectivity index (χ3v) is 7.57. The highest BCUT2D eigenvalue weighted by atomic mass is 19.1. The first-order valence-electron chi connectivity index (χ1n) is 14.1. The Morgan fingerprint density at radius 2 is 1.62 bits per heavy atom. The number of nitrogens with zero attached hydrogens (tertiary/aromatic N) is 4. The molecule has 0 saturated heterocycles. The fourth-order valence-corrected chi connectivity index (χ4v) is 5.47. The zero-order chi connectivity index (χ0) is 29.2. The number of aryl methyl sites for hydroxylation is 2. The predicted octanol–water partition coefficient (Wildman–Crippen LogP) is 7.76. The molecule has 0 aliphatic rings. The summed E-state index contributed by atoms with van der Waals surface area (Å²) in [5, 5.41) is 9.61. The van der Waals surface area contributed by atoms with E-state index in [0.29, 0.717) is 24.2 Å². The first kappa shape index (κ1) is 27.1. The molecule has 0 bridgehead atoms. The monoisotopic (exact) mass is 558 g/mol. The van der Waals surface area contributed by atoms with Gasteiger partial charge in [0.25, 0.3) is 0 Å². The number of rotatable bonds is 9. The van der Waals surface area contributed by atoms with E-state index in [1.54, 1.807) is 24.3 Å². The smallest absolute Gasteiger partial charge is 0.336 e. The molecule has 7 heteroatoms. The van der Waals surface area contributed by atoms with Crippen LogP contribution in [-0.2, 0) is 19.5 Å². The molecule has 6 nitrogen and oxygen atoms in total. The Hall–Kier alpha value is -5.04. The van der Waals surface area contributed by atoms with Crippen molar-refractivity contribution in [2.75, 3.05) is 0 Å². The molecule has 0 amide bonds. The molecule has 0 aliphatic carbocycles. The topological polar surface area (TPSA) is 72.9 Å². The van der Waals surface area contributed by atoms with E-state index in [4.69, 9.17) is 4.98 Å². The maximum Gasteiger partial charge on any atom is 0.336 e. The molecular formula is C35H31FN4O2. The Bertz CT molecular complexity index is 1890. The van der Waals surface area contributed by atoms with Gasteiger partial charge in [-0.1, -0.05) is 61.5 Å². The third kappa shape index (κ3) is 5.46. The molecule has 0 aliphatic heterocycles. The lowest BCUT2D eigenvalue weighted by molar-refractivity contribution is 0.0697. The van der Waals surface area contributed by atoms with Gasteiger partial charge in [0.1, 0.15) is 11.6 Å². The highest BCUT2D eigenvalue weighted by Gasteiger charge is 2.16. The van der Waals surface area contributed by atoms with Crippen LogP contribution in [0, 0.1) is 12.7 Å². The SMILES string of the molecule is CCCc1nc2c(C)cc(-c3cn(Cc4ccc(F)cc4)cn3)cc2n1Cc1ccc(-c2ccccc2C(=O)O)cc1. The van der Waals surface area contributed by atoms with Crippen LogP contribution in [0.25, 0.3) is 33.4 Å². The molecule has 210 valence electrons. The van der Waals surface area contributed by atoms with Crippen molar-refractivity contribution < 1.29 is 14.3 Å². The first-order chi connectivity index (χ1) is 20.4. The number of imidazole rings is 2. The molecule has 6 aromatic rings. The lowest BCUT2D eigenvalue weighted by atomic mass is 9.98. The Morgan fingerprint density at radius 1 is 0.905 bits per heavy atom. The molecule has 42 heavy (non-hydrogen) atoms. The molecule has 1 N–H and O–H groups in total. The van der Waals surface area contributed by atoms with Crippen LogP contribution in [0.15, 0.2) is 97.5 Å². The summed E-state index contributed by atoms with van der Waals surface area (Å²) >= 11 is 0. The zero-order valence-corrected chi connectivity index (χ0v) is 23.6. The maximum atomic E-state index is 13.3. The van der Waals surface area contributed by atoms with Crippen LogP contribution in [0.1, 0.15) is 46.2 Å². The average Bonchev–Trinajstić information content (AvgIpc) is 3.60. The molecule has 0 radical (unpaired) electrons. The molecule has 2 aromatic heterocycles. The van der Waals surface area contributed by atoms with Gasteiger partial charge in [-0.15, -0.1) is 0 Å². The summed E-state index contributed by atoms with van der Waals surface area (Å²) in [7, 11) is 0. The van der Waals surface area contributed by atoms with Crippen LogP contribution in [-0.4, -0.2) is 30.2 Å². The van der Waals surface area contributed by atoms with Crippen LogP contribution in [0.3, 0.4) is 0 Å². The Morgan fingerprint density at radius 3 is 2.36 bits per heavy atom. The molecule has 0 saturated carbocycles. The highest BCUT2D eigenvalue weighted by molar-refractivity contribution is 5.96. The number of halogens is 1. The zero-order valence-electron chi connectivity index (χ0n) is 23.6. The summed E-state index contributed by atoms with van der Waals surface area (Å²) in [4.78, 5) is 21.4. The summed E-state index contributed by atoms with van der Waals surface area (Å²) in [5.74, 6) is -0.141. The second-order valence-corrected chi connectivity index (χ2v) is 10.6. The van der Waals surface area contributed by atoms with Gasteiger partial charge in [-0.2, -0.15) is 0 Å². The number of carboxylic acids is 1. The van der Waals surface area contributed by atoms with Crippen molar-refractivity contribution >= 4 is 17.0 Å². The summed E-state index contributed by atoms with van der Waals surface area (Å²) in [5.41, 5.74) is 9.00. The van der Waals surface area contributed by atoms with Gasteiger partial charge < -0.3 is 14.2 Å². The summed E-state index contributed by atoms with van der Waals surface area (Å²) in [6.07, 6.45) is 5.67. The largest absolute Gasteiger partial charge is 0.478 e. The molecule has 0 fully saturated rings. The van der Waals surface area contributed by atoms with Crippen molar-refractivity contribution in [2.24, 2.45) is 0 Å². The van der Waals surface area contributed by atoms with Crippen molar-refractivity contribution in [1.29, 1.82) is 0 Å². The summed E-state index contributed by atoms with van der Waals surface area (Å²) < 4.78 is 17.6. The lowest BCUT2D eigenvalue weighted by Crippen LogP contribution is -2.05. The van der Waals surface area contributed by atoms with E-state index >= 15 is 0 Å². The van der Waals surface area contributed by atoms with E-state index in [9.17, 15) is 14.3 Å².